The van der Waals surface area contributed by atoms with E-state index in [1.165, 1.54) is 26.4 Å². The Morgan fingerprint density at radius 3 is 2.33 bits per heavy atom. The number of aromatic nitrogens is 2. The molecule has 0 atom stereocenters. The van der Waals surface area contributed by atoms with E-state index in [4.69, 9.17) is 15.2 Å². The first kappa shape index (κ1) is 18.4. The highest BCUT2D eigenvalue weighted by Crippen LogP contribution is 2.33. The van der Waals surface area contributed by atoms with Crippen molar-refractivity contribution < 1.29 is 23.0 Å². The van der Waals surface area contributed by atoms with Gasteiger partial charge in [0.25, 0.3) is 0 Å². The number of ether oxygens (including phenoxy) is 3. The number of fused-ring (bicyclic) bond motifs is 1. The van der Waals surface area contributed by atoms with E-state index in [2.05, 4.69) is 20.0 Å². The fraction of sp³-hybridized carbons (Fsp3) is 0.222. The maximum atomic E-state index is 12.2. The molecule has 0 aliphatic rings. The number of nitrogens with two attached hydrogens (primary N) is 1. The number of nitrogen functional groups attached to an aromatic ring is 1. The van der Waals surface area contributed by atoms with E-state index < -0.39 is 6.61 Å². The Labute approximate surface area is 154 Å². The molecule has 0 saturated carbocycles. The molecule has 9 heteroatoms. The number of hydrogen-bond acceptors (Lipinski definition) is 7. The first-order valence-corrected chi connectivity index (χ1v) is 7.97. The minimum atomic E-state index is -2.85. The molecule has 0 bridgehead atoms. The van der Waals surface area contributed by atoms with Crippen LogP contribution in [0.5, 0.6) is 17.2 Å². The van der Waals surface area contributed by atoms with Crippen LogP contribution in [-0.2, 0) is 6.54 Å². The maximum Gasteiger partial charge on any atom is 0.387 e. The highest BCUT2D eigenvalue weighted by atomic mass is 19.3. The lowest BCUT2D eigenvalue weighted by molar-refractivity contribution is -0.0498. The van der Waals surface area contributed by atoms with Crippen LogP contribution in [0.3, 0.4) is 0 Å². The van der Waals surface area contributed by atoms with Crippen LogP contribution >= 0.6 is 0 Å². The zero-order valence-corrected chi connectivity index (χ0v) is 14.7. The summed E-state index contributed by atoms with van der Waals surface area (Å²) in [6, 6.07) is 9.71. The van der Waals surface area contributed by atoms with Gasteiger partial charge in [0.1, 0.15) is 11.6 Å². The predicted octanol–water partition coefficient (Wildman–Crippen LogP) is 3.44. The molecule has 0 fully saturated rings. The zero-order chi connectivity index (χ0) is 19.4. The number of anilines is 2. The first-order valence-electron chi connectivity index (χ1n) is 7.97. The van der Waals surface area contributed by atoms with Gasteiger partial charge in [0.15, 0.2) is 11.5 Å². The van der Waals surface area contributed by atoms with E-state index in [0.29, 0.717) is 40.7 Å². The van der Waals surface area contributed by atoms with Gasteiger partial charge in [0.05, 0.1) is 19.7 Å². The van der Waals surface area contributed by atoms with E-state index >= 15 is 0 Å². The number of hydrogen-bond donors (Lipinski definition) is 2. The quantitative estimate of drug-likeness (QED) is 0.653. The average Bonchev–Trinajstić information content (AvgIpc) is 2.66. The molecule has 27 heavy (non-hydrogen) atoms. The lowest BCUT2D eigenvalue weighted by Gasteiger charge is -2.12. The molecular formula is C18H18F2N4O3. The molecule has 3 aromatic rings. The van der Waals surface area contributed by atoms with Gasteiger partial charge in [-0.05, 0) is 23.8 Å². The second-order valence-electron chi connectivity index (χ2n) is 5.53. The van der Waals surface area contributed by atoms with Crippen molar-refractivity contribution in [1.82, 2.24) is 9.97 Å². The summed E-state index contributed by atoms with van der Waals surface area (Å²) in [6.45, 7) is -2.47. The molecule has 1 heterocycles. The van der Waals surface area contributed by atoms with Gasteiger partial charge in [0, 0.05) is 18.0 Å². The summed E-state index contributed by atoms with van der Waals surface area (Å²) in [5.41, 5.74) is 7.47. The third-order valence-electron chi connectivity index (χ3n) is 3.83. The standard InChI is InChI=1S/C18H18F2N4O3/c1-25-14-7-12-13(8-15(14)26-2)23-18(24-16(12)21)22-9-10-3-5-11(6-4-10)27-17(19)20/h3-8,17H,9H2,1-2H3,(H3,21,22,23,24). The molecule has 3 N–H and O–H groups in total. The molecule has 0 amide bonds. The van der Waals surface area contributed by atoms with Crippen molar-refractivity contribution in [2.24, 2.45) is 0 Å². The first-order chi connectivity index (χ1) is 13.0. The highest BCUT2D eigenvalue weighted by molar-refractivity contribution is 5.91. The summed E-state index contributed by atoms with van der Waals surface area (Å²) >= 11 is 0. The summed E-state index contributed by atoms with van der Waals surface area (Å²) in [5, 5.41) is 3.70. The van der Waals surface area contributed by atoms with Gasteiger partial charge < -0.3 is 25.3 Å². The normalized spacial score (nSPS) is 10.9. The van der Waals surface area contributed by atoms with Crippen molar-refractivity contribution >= 4 is 22.7 Å². The number of alkyl halides is 2. The van der Waals surface area contributed by atoms with E-state index in [0.717, 1.165) is 5.56 Å². The minimum Gasteiger partial charge on any atom is -0.493 e. The number of methoxy groups -OCH3 is 2. The Balaban J connectivity index is 1.78. The summed E-state index contributed by atoms with van der Waals surface area (Å²) in [7, 11) is 3.07. The third kappa shape index (κ3) is 4.25. The Hall–Kier alpha value is -3.36. The molecule has 0 aliphatic heterocycles. The SMILES string of the molecule is COc1cc2nc(NCc3ccc(OC(F)F)cc3)nc(N)c2cc1OC. The number of benzene rings is 2. The van der Waals surface area contributed by atoms with E-state index in [1.807, 2.05) is 0 Å². The number of rotatable bonds is 7. The van der Waals surface area contributed by atoms with Crippen molar-refractivity contribution in [2.45, 2.75) is 13.2 Å². The zero-order valence-electron chi connectivity index (χ0n) is 14.7. The summed E-state index contributed by atoms with van der Waals surface area (Å²) in [5.74, 6) is 1.79. The van der Waals surface area contributed by atoms with Crippen molar-refractivity contribution in [3.63, 3.8) is 0 Å². The molecule has 0 aliphatic carbocycles. The van der Waals surface area contributed by atoms with Crippen LogP contribution in [0, 0.1) is 0 Å². The highest BCUT2D eigenvalue weighted by Gasteiger charge is 2.12. The van der Waals surface area contributed by atoms with Crippen LogP contribution in [-0.4, -0.2) is 30.8 Å². The number of nitrogens with zero attached hydrogens (tertiary/aromatic N) is 2. The van der Waals surface area contributed by atoms with Crippen LogP contribution in [0.25, 0.3) is 10.9 Å². The second-order valence-corrected chi connectivity index (χ2v) is 5.53. The van der Waals surface area contributed by atoms with Crippen LogP contribution in [0.1, 0.15) is 5.56 Å². The van der Waals surface area contributed by atoms with Crippen molar-refractivity contribution in [3.05, 3.63) is 42.0 Å². The van der Waals surface area contributed by atoms with Gasteiger partial charge in [-0.3, -0.25) is 0 Å². The largest absolute Gasteiger partial charge is 0.493 e. The molecule has 0 spiro atoms. The van der Waals surface area contributed by atoms with Gasteiger partial charge in [-0.2, -0.15) is 13.8 Å². The summed E-state index contributed by atoms with van der Waals surface area (Å²) < 4.78 is 39.2. The lowest BCUT2D eigenvalue weighted by Crippen LogP contribution is -2.06. The molecule has 2 aromatic carbocycles. The second kappa shape index (κ2) is 7.90. The lowest BCUT2D eigenvalue weighted by atomic mass is 10.2. The fourth-order valence-corrected chi connectivity index (χ4v) is 2.53. The Kier molecular flexibility index (Phi) is 5.39. The van der Waals surface area contributed by atoms with Crippen LogP contribution in [0.2, 0.25) is 0 Å². The van der Waals surface area contributed by atoms with Crippen molar-refractivity contribution in [2.75, 3.05) is 25.3 Å². The van der Waals surface area contributed by atoms with Crippen molar-refractivity contribution in [3.8, 4) is 17.2 Å². The molecule has 7 nitrogen and oxygen atoms in total. The molecule has 142 valence electrons. The van der Waals surface area contributed by atoms with E-state index in [1.54, 1.807) is 24.3 Å². The number of nitrogens with one attached hydrogen (secondary N) is 1. The predicted molar refractivity (Wildman–Crippen MR) is 97.5 cm³/mol. The van der Waals surface area contributed by atoms with Gasteiger partial charge in [0.2, 0.25) is 5.95 Å². The smallest absolute Gasteiger partial charge is 0.387 e. The Morgan fingerprint density at radius 2 is 1.70 bits per heavy atom. The van der Waals surface area contributed by atoms with Crippen LogP contribution in [0.15, 0.2) is 36.4 Å². The Bertz CT molecular complexity index is 936. The molecule has 1 aromatic heterocycles. The van der Waals surface area contributed by atoms with Crippen LogP contribution in [0.4, 0.5) is 20.5 Å². The molecule has 0 radical (unpaired) electrons. The van der Waals surface area contributed by atoms with Gasteiger partial charge >= 0.3 is 6.61 Å². The third-order valence-corrected chi connectivity index (χ3v) is 3.83. The molecule has 0 saturated heterocycles. The van der Waals surface area contributed by atoms with Gasteiger partial charge in [-0.15, -0.1) is 0 Å². The Morgan fingerprint density at radius 1 is 1.04 bits per heavy atom. The number of halogens is 2. The monoisotopic (exact) mass is 376 g/mol. The van der Waals surface area contributed by atoms with E-state index in [9.17, 15) is 8.78 Å². The van der Waals surface area contributed by atoms with E-state index in [-0.39, 0.29) is 5.75 Å². The molecule has 0 unspecified atom stereocenters. The van der Waals surface area contributed by atoms with Gasteiger partial charge in [-0.1, -0.05) is 12.1 Å². The van der Waals surface area contributed by atoms with Crippen LogP contribution < -0.4 is 25.3 Å². The molecule has 3 rings (SSSR count). The minimum absolute atomic E-state index is 0.0981. The van der Waals surface area contributed by atoms with Gasteiger partial charge in [-0.25, -0.2) is 4.98 Å². The maximum absolute atomic E-state index is 12.2. The topological polar surface area (TPSA) is 91.5 Å². The average molecular weight is 376 g/mol. The fourth-order valence-electron chi connectivity index (χ4n) is 2.53. The summed E-state index contributed by atoms with van der Waals surface area (Å²) in [6.07, 6.45) is 0. The van der Waals surface area contributed by atoms with Crippen molar-refractivity contribution in [1.29, 1.82) is 0 Å². The summed E-state index contributed by atoms with van der Waals surface area (Å²) in [4.78, 5) is 8.67. The molecular weight excluding hydrogens is 358 g/mol.